The third-order valence-corrected chi connectivity index (χ3v) is 2.32. The van der Waals surface area contributed by atoms with Gasteiger partial charge in [-0.25, -0.2) is 0 Å². The number of hydrogen-bond donors (Lipinski definition) is 1. The van der Waals surface area contributed by atoms with Gasteiger partial charge < -0.3 is 4.74 Å². The molecule has 0 aliphatic rings. The van der Waals surface area contributed by atoms with Gasteiger partial charge in [0.15, 0.2) is 0 Å². The summed E-state index contributed by atoms with van der Waals surface area (Å²) in [4.78, 5) is -0.197. The first-order chi connectivity index (χ1) is 6.05. The molecule has 0 spiro atoms. The highest BCUT2D eigenvalue weighted by Gasteiger charge is 2.14. The smallest absolute Gasteiger partial charge is 0.298 e. The fourth-order valence-corrected chi connectivity index (χ4v) is 1.57. The molecule has 72 valence electrons. The van der Waals surface area contributed by atoms with Gasteiger partial charge in [-0.05, 0) is 19.1 Å². The largest absolute Gasteiger partial charge is 0.492 e. The van der Waals surface area contributed by atoms with Crippen molar-refractivity contribution in [2.75, 3.05) is 6.61 Å². The first-order valence-corrected chi connectivity index (χ1v) is 5.19. The van der Waals surface area contributed by atoms with E-state index in [2.05, 4.69) is 0 Å². The SMILES string of the molecule is CCOc1ccccc1S(=O)(=O)O. The van der Waals surface area contributed by atoms with Gasteiger partial charge in [0.1, 0.15) is 10.6 Å². The molecule has 0 aliphatic carbocycles. The molecule has 0 saturated heterocycles. The van der Waals surface area contributed by atoms with Crippen molar-refractivity contribution in [3.8, 4) is 5.75 Å². The van der Waals surface area contributed by atoms with Crippen LogP contribution in [0.4, 0.5) is 0 Å². The molecule has 4 nitrogen and oxygen atoms in total. The second-order valence-electron chi connectivity index (χ2n) is 2.35. The van der Waals surface area contributed by atoms with E-state index in [0.717, 1.165) is 0 Å². The molecule has 0 amide bonds. The summed E-state index contributed by atoms with van der Waals surface area (Å²) in [5.74, 6) is 0.174. The van der Waals surface area contributed by atoms with Gasteiger partial charge in [0.2, 0.25) is 0 Å². The average Bonchev–Trinajstić information content (AvgIpc) is 2.04. The summed E-state index contributed by atoms with van der Waals surface area (Å²) in [6.45, 7) is 2.09. The fourth-order valence-electron chi connectivity index (χ4n) is 0.938. The van der Waals surface area contributed by atoms with Gasteiger partial charge in [0.05, 0.1) is 6.61 Å². The molecule has 13 heavy (non-hydrogen) atoms. The van der Waals surface area contributed by atoms with E-state index >= 15 is 0 Å². The Kier molecular flexibility index (Phi) is 2.90. The molecule has 0 radical (unpaired) electrons. The van der Waals surface area contributed by atoms with Crippen LogP contribution in [0.2, 0.25) is 0 Å². The minimum Gasteiger partial charge on any atom is -0.492 e. The van der Waals surface area contributed by atoms with Crippen LogP contribution in [0.3, 0.4) is 0 Å². The molecule has 5 heteroatoms. The number of hydrogen-bond acceptors (Lipinski definition) is 3. The van der Waals surface area contributed by atoms with Crippen molar-refractivity contribution in [1.82, 2.24) is 0 Å². The summed E-state index contributed by atoms with van der Waals surface area (Å²) in [7, 11) is -4.18. The van der Waals surface area contributed by atoms with E-state index in [0.29, 0.717) is 6.61 Å². The fraction of sp³-hybridized carbons (Fsp3) is 0.250. The number of ether oxygens (including phenoxy) is 1. The van der Waals surface area contributed by atoms with Crippen molar-refractivity contribution < 1.29 is 17.7 Å². The van der Waals surface area contributed by atoms with Crippen molar-refractivity contribution in [3.05, 3.63) is 24.3 Å². The Morgan fingerprint density at radius 3 is 2.54 bits per heavy atom. The van der Waals surface area contributed by atoms with Gasteiger partial charge in [-0.15, -0.1) is 0 Å². The van der Waals surface area contributed by atoms with E-state index in [1.807, 2.05) is 0 Å². The summed E-state index contributed by atoms with van der Waals surface area (Å²) in [6.07, 6.45) is 0. The molecule has 0 unspecified atom stereocenters. The minimum atomic E-state index is -4.18. The molecule has 1 aromatic carbocycles. The molecule has 0 heterocycles. The molecule has 0 atom stereocenters. The molecule has 1 aromatic rings. The number of rotatable bonds is 3. The van der Waals surface area contributed by atoms with Crippen molar-refractivity contribution in [3.63, 3.8) is 0 Å². The Hall–Kier alpha value is -1.07. The molecule has 1 N–H and O–H groups in total. The predicted octanol–water partition coefficient (Wildman–Crippen LogP) is 1.33. The van der Waals surface area contributed by atoms with Gasteiger partial charge in [0, 0.05) is 0 Å². The molecule has 0 fully saturated rings. The van der Waals surface area contributed by atoms with Crippen LogP contribution in [0.25, 0.3) is 0 Å². The first kappa shape index (κ1) is 10.0. The van der Waals surface area contributed by atoms with Crippen LogP contribution in [-0.2, 0) is 10.1 Å². The van der Waals surface area contributed by atoms with Crippen LogP contribution >= 0.6 is 0 Å². The van der Waals surface area contributed by atoms with Crippen molar-refractivity contribution >= 4 is 10.1 Å². The van der Waals surface area contributed by atoms with E-state index in [1.165, 1.54) is 18.2 Å². The number of benzene rings is 1. The Morgan fingerprint density at radius 2 is 2.00 bits per heavy atom. The topological polar surface area (TPSA) is 63.6 Å². The van der Waals surface area contributed by atoms with E-state index in [-0.39, 0.29) is 10.6 Å². The lowest BCUT2D eigenvalue weighted by atomic mass is 10.3. The predicted molar refractivity (Wildman–Crippen MR) is 47.4 cm³/mol. The average molecular weight is 202 g/mol. The quantitative estimate of drug-likeness (QED) is 0.751. The lowest BCUT2D eigenvalue weighted by Gasteiger charge is -2.06. The third-order valence-electron chi connectivity index (χ3n) is 1.43. The monoisotopic (exact) mass is 202 g/mol. The lowest BCUT2D eigenvalue weighted by Crippen LogP contribution is -2.02. The van der Waals surface area contributed by atoms with Gasteiger partial charge in [-0.1, -0.05) is 12.1 Å². The number of para-hydroxylation sites is 1. The van der Waals surface area contributed by atoms with E-state index in [4.69, 9.17) is 9.29 Å². The highest BCUT2D eigenvalue weighted by Crippen LogP contribution is 2.22. The standard InChI is InChI=1S/C8H10O4S/c1-2-12-7-5-3-4-6-8(7)13(9,10)11/h3-6H,2H2,1H3,(H,9,10,11). The summed E-state index contributed by atoms with van der Waals surface area (Å²) in [5.41, 5.74) is 0. The highest BCUT2D eigenvalue weighted by molar-refractivity contribution is 7.86. The van der Waals surface area contributed by atoms with Gasteiger partial charge in [0.25, 0.3) is 10.1 Å². The van der Waals surface area contributed by atoms with Crippen LogP contribution in [0.1, 0.15) is 6.92 Å². The molecule has 0 bridgehead atoms. The van der Waals surface area contributed by atoms with Crippen molar-refractivity contribution in [2.45, 2.75) is 11.8 Å². The normalized spacial score (nSPS) is 11.2. The lowest BCUT2D eigenvalue weighted by molar-refractivity contribution is 0.329. The second kappa shape index (κ2) is 3.76. The molecule has 0 saturated carbocycles. The first-order valence-electron chi connectivity index (χ1n) is 3.75. The third kappa shape index (κ3) is 2.43. The zero-order valence-corrected chi connectivity index (χ0v) is 7.91. The van der Waals surface area contributed by atoms with Gasteiger partial charge in [-0.3, -0.25) is 4.55 Å². The molecule has 0 aliphatic heterocycles. The summed E-state index contributed by atoms with van der Waals surface area (Å²) < 4.78 is 35.4. The second-order valence-corrected chi connectivity index (χ2v) is 3.74. The maximum atomic E-state index is 10.8. The molecular formula is C8H10O4S. The zero-order valence-electron chi connectivity index (χ0n) is 7.10. The van der Waals surface area contributed by atoms with Crippen LogP contribution in [-0.4, -0.2) is 19.6 Å². The van der Waals surface area contributed by atoms with E-state index in [9.17, 15) is 8.42 Å². The zero-order chi connectivity index (χ0) is 9.90. The Labute approximate surface area is 76.9 Å². The van der Waals surface area contributed by atoms with Crippen LogP contribution < -0.4 is 4.74 Å². The Balaban J connectivity index is 3.20. The summed E-state index contributed by atoms with van der Waals surface area (Å²) >= 11 is 0. The Bertz CT molecular complexity index is 383. The van der Waals surface area contributed by atoms with Crippen LogP contribution in [0, 0.1) is 0 Å². The van der Waals surface area contributed by atoms with Gasteiger partial charge in [-0.2, -0.15) is 8.42 Å². The maximum Gasteiger partial charge on any atom is 0.298 e. The molecule has 0 aromatic heterocycles. The summed E-state index contributed by atoms with van der Waals surface area (Å²) in [5, 5.41) is 0. The van der Waals surface area contributed by atoms with E-state index in [1.54, 1.807) is 13.0 Å². The van der Waals surface area contributed by atoms with Crippen LogP contribution in [0.5, 0.6) is 5.75 Å². The highest BCUT2D eigenvalue weighted by atomic mass is 32.2. The van der Waals surface area contributed by atoms with Crippen molar-refractivity contribution in [1.29, 1.82) is 0 Å². The minimum absolute atomic E-state index is 0.174. The van der Waals surface area contributed by atoms with Crippen molar-refractivity contribution in [2.24, 2.45) is 0 Å². The molecular weight excluding hydrogens is 192 g/mol. The van der Waals surface area contributed by atoms with Crippen LogP contribution in [0.15, 0.2) is 29.2 Å². The molecule has 1 rings (SSSR count). The van der Waals surface area contributed by atoms with Gasteiger partial charge >= 0.3 is 0 Å². The summed E-state index contributed by atoms with van der Waals surface area (Å²) in [6, 6.07) is 5.94. The van der Waals surface area contributed by atoms with E-state index < -0.39 is 10.1 Å². The maximum absolute atomic E-state index is 10.8. The Morgan fingerprint density at radius 1 is 1.38 bits per heavy atom.